The van der Waals surface area contributed by atoms with Gasteiger partial charge in [-0.05, 0) is 18.2 Å². The van der Waals surface area contributed by atoms with Gasteiger partial charge in [-0.1, -0.05) is 6.07 Å². The van der Waals surface area contributed by atoms with E-state index in [1.54, 1.807) is 0 Å². The highest BCUT2D eigenvalue weighted by Gasteiger charge is 2.33. The Bertz CT molecular complexity index is 1190. The maximum absolute atomic E-state index is 13.1. The summed E-state index contributed by atoms with van der Waals surface area (Å²) in [6.45, 7) is 0. The van der Waals surface area contributed by atoms with Crippen molar-refractivity contribution in [3.63, 3.8) is 0 Å². The molecule has 1 aromatic carbocycles. The second-order valence-corrected chi connectivity index (χ2v) is 6.06. The number of halogens is 3. The summed E-state index contributed by atoms with van der Waals surface area (Å²) in [5.74, 6) is -1.09. The standard InChI is InChI=1S/C19H14F3N3O5/c1-29-15(26)6-11-5-10(9-30-11)7-24-25-18(28)13-8-23-16-12(17(13)27)3-2-4-14(16)19(20,21)22/h2-5,7-9H,6H2,1H3,(H,23,27)(H,25,28)/b24-7+. The Morgan fingerprint density at radius 1 is 1.33 bits per heavy atom. The molecule has 11 heteroatoms. The van der Waals surface area contributed by atoms with Crippen molar-refractivity contribution in [2.75, 3.05) is 7.11 Å². The lowest BCUT2D eigenvalue weighted by Crippen LogP contribution is -2.25. The van der Waals surface area contributed by atoms with Gasteiger partial charge in [-0.3, -0.25) is 14.4 Å². The minimum Gasteiger partial charge on any atom is -0.469 e. The number of aromatic nitrogens is 1. The highest BCUT2D eigenvalue weighted by Crippen LogP contribution is 2.32. The number of fused-ring (bicyclic) bond motifs is 1. The van der Waals surface area contributed by atoms with Gasteiger partial charge in [-0.2, -0.15) is 18.3 Å². The van der Waals surface area contributed by atoms with E-state index in [-0.39, 0.29) is 11.8 Å². The number of rotatable bonds is 5. The van der Waals surface area contributed by atoms with E-state index in [4.69, 9.17) is 4.42 Å². The van der Waals surface area contributed by atoms with Crippen LogP contribution in [0.25, 0.3) is 10.9 Å². The number of carbonyl (C=O) groups is 2. The molecule has 0 spiro atoms. The third-order valence-corrected chi connectivity index (χ3v) is 4.06. The number of ether oxygens (including phenoxy) is 1. The van der Waals surface area contributed by atoms with Crippen molar-refractivity contribution in [3.8, 4) is 0 Å². The number of hydrogen-bond donors (Lipinski definition) is 2. The molecular formula is C19H14F3N3O5. The van der Waals surface area contributed by atoms with Gasteiger partial charge in [0.2, 0.25) is 5.43 Å². The molecule has 0 saturated heterocycles. The number of aromatic amines is 1. The molecule has 8 nitrogen and oxygen atoms in total. The van der Waals surface area contributed by atoms with E-state index >= 15 is 0 Å². The number of methoxy groups -OCH3 is 1. The summed E-state index contributed by atoms with van der Waals surface area (Å²) in [6.07, 6.45) is -1.34. The molecule has 0 aliphatic rings. The number of furan rings is 1. The van der Waals surface area contributed by atoms with Crippen LogP contribution >= 0.6 is 0 Å². The lowest BCUT2D eigenvalue weighted by molar-refractivity contribution is -0.140. The number of para-hydroxylation sites is 1. The molecule has 2 N–H and O–H groups in total. The van der Waals surface area contributed by atoms with Gasteiger partial charge in [0, 0.05) is 17.1 Å². The number of benzene rings is 1. The predicted molar refractivity (Wildman–Crippen MR) is 99.1 cm³/mol. The maximum Gasteiger partial charge on any atom is 0.418 e. The predicted octanol–water partition coefficient (Wildman–Crippen LogP) is 2.62. The normalized spacial score (nSPS) is 11.7. The van der Waals surface area contributed by atoms with Crippen LogP contribution in [0.2, 0.25) is 0 Å². The van der Waals surface area contributed by atoms with E-state index < -0.39 is 40.1 Å². The zero-order valence-electron chi connectivity index (χ0n) is 15.4. The Balaban J connectivity index is 1.78. The van der Waals surface area contributed by atoms with Gasteiger partial charge in [0.25, 0.3) is 5.91 Å². The zero-order valence-corrected chi connectivity index (χ0v) is 15.4. The molecule has 2 aromatic heterocycles. The summed E-state index contributed by atoms with van der Waals surface area (Å²) in [6, 6.07) is 4.61. The number of esters is 1. The highest BCUT2D eigenvalue weighted by molar-refractivity contribution is 5.98. The summed E-state index contributed by atoms with van der Waals surface area (Å²) >= 11 is 0. The number of amides is 1. The fourth-order valence-electron chi connectivity index (χ4n) is 2.66. The molecule has 0 bridgehead atoms. The Morgan fingerprint density at radius 3 is 2.80 bits per heavy atom. The van der Waals surface area contributed by atoms with Crippen molar-refractivity contribution in [2.45, 2.75) is 12.6 Å². The van der Waals surface area contributed by atoms with Crippen molar-refractivity contribution in [1.29, 1.82) is 0 Å². The first-order valence-electron chi connectivity index (χ1n) is 8.40. The van der Waals surface area contributed by atoms with Gasteiger partial charge in [0.1, 0.15) is 17.7 Å². The van der Waals surface area contributed by atoms with Crippen molar-refractivity contribution in [2.24, 2.45) is 5.10 Å². The minimum absolute atomic E-state index is 0.0803. The molecule has 156 valence electrons. The van der Waals surface area contributed by atoms with Crippen molar-refractivity contribution in [3.05, 3.63) is 69.4 Å². The Labute approximate surface area is 166 Å². The van der Waals surface area contributed by atoms with Gasteiger partial charge in [0.15, 0.2) is 0 Å². The first-order valence-corrected chi connectivity index (χ1v) is 8.40. The Hall–Kier alpha value is -3.89. The molecule has 0 aliphatic carbocycles. The largest absolute Gasteiger partial charge is 0.469 e. The SMILES string of the molecule is COC(=O)Cc1cc(/C=N/NC(=O)c2c[nH]c3c(C(F)(F)F)cccc3c2=O)co1. The molecule has 3 rings (SSSR count). The first kappa shape index (κ1) is 20.8. The van der Waals surface area contributed by atoms with Crippen LogP contribution in [0.5, 0.6) is 0 Å². The van der Waals surface area contributed by atoms with Crippen LogP contribution in [0.4, 0.5) is 13.2 Å². The van der Waals surface area contributed by atoms with Crippen molar-refractivity contribution >= 4 is 29.0 Å². The summed E-state index contributed by atoms with van der Waals surface area (Å²) in [5.41, 5.74) is -0.153. The van der Waals surface area contributed by atoms with Crippen LogP contribution in [0.3, 0.4) is 0 Å². The van der Waals surface area contributed by atoms with E-state index in [1.165, 1.54) is 31.7 Å². The number of hydrogen-bond acceptors (Lipinski definition) is 6. The van der Waals surface area contributed by atoms with Gasteiger partial charge in [0.05, 0.1) is 30.7 Å². The summed E-state index contributed by atoms with van der Waals surface area (Å²) in [5, 5.41) is 3.40. The lowest BCUT2D eigenvalue weighted by atomic mass is 10.1. The average Bonchev–Trinajstić information content (AvgIpc) is 3.14. The summed E-state index contributed by atoms with van der Waals surface area (Å²) < 4.78 is 48.9. The van der Waals surface area contributed by atoms with E-state index in [0.717, 1.165) is 18.3 Å². The number of H-pyrrole nitrogens is 1. The number of pyridine rings is 1. The highest BCUT2D eigenvalue weighted by atomic mass is 19.4. The summed E-state index contributed by atoms with van der Waals surface area (Å²) in [4.78, 5) is 38.2. The smallest absolute Gasteiger partial charge is 0.418 e. The molecule has 1 amide bonds. The molecule has 0 atom stereocenters. The quantitative estimate of drug-likeness (QED) is 0.374. The van der Waals surface area contributed by atoms with Crippen molar-refractivity contribution < 1.29 is 31.9 Å². The van der Waals surface area contributed by atoms with Gasteiger partial charge >= 0.3 is 12.1 Å². The monoisotopic (exact) mass is 421 g/mol. The lowest BCUT2D eigenvalue weighted by Gasteiger charge is -2.10. The second-order valence-electron chi connectivity index (χ2n) is 6.06. The van der Waals surface area contributed by atoms with Crippen molar-refractivity contribution in [1.82, 2.24) is 10.4 Å². The molecule has 3 aromatic rings. The average molecular weight is 421 g/mol. The van der Waals surface area contributed by atoms with E-state index in [0.29, 0.717) is 11.3 Å². The molecule has 30 heavy (non-hydrogen) atoms. The Kier molecular flexibility index (Phi) is 5.72. The topological polar surface area (TPSA) is 114 Å². The molecule has 0 aliphatic heterocycles. The number of nitrogens with zero attached hydrogens (tertiary/aromatic N) is 1. The number of nitrogens with one attached hydrogen (secondary N) is 2. The fraction of sp³-hybridized carbons (Fsp3) is 0.158. The zero-order chi connectivity index (χ0) is 21.9. The molecule has 0 fully saturated rings. The van der Waals surface area contributed by atoms with E-state index in [2.05, 4.69) is 20.2 Å². The van der Waals surface area contributed by atoms with Crippen LogP contribution in [0, 0.1) is 0 Å². The maximum atomic E-state index is 13.1. The van der Waals surface area contributed by atoms with Crippen LogP contribution < -0.4 is 10.9 Å². The van der Waals surface area contributed by atoms with Gasteiger partial charge in [-0.25, -0.2) is 5.43 Å². The molecule has 0 saturated carbocycles. The summed E-state index contributed by atoms with van der Waals surface area (Å²) in [7, 11) is 1.24. The number of carbonyl (C=O) groups excluding carboxylic acids is 2. The minimum atomic E-state index is -4.66. The molecular weight excluding hydrogens is 407 g/mol. The van der Waals surface area contributed by atoms with Gasteiger partial charge < -0.3 is 14.1 Å². The fourth-order valence-corrected chi connectivity index (χ4v) is 2.66. The Morgan fingerprint density at radius 2 is 2.10 bits per heavy atom. The third-order valence-electron chi connectivity index (χ3n) is 4.06. The number of alkyl halides is 3. The van der Waals surface area contributed by atoms with Crippen LogP contribution in [0.1, 0.15) is 27.2 Å². The third kappa shape index (κ3) is 4.40. The molecule has 0 radical (unpaired) electrons. The molecule has 0 unspecified atom stereocenters. The van der Waals surface area contributed by atoms with Crippen LogP contribution in [-0.4, -0.2) is 30.2 Å². The second kappa shape index (κ2) is 8.23. The van der Waals surface area contributed by atoms with Gasteiger partial charge in [-0.15, -0.1) is 0 Å². The van der Waals surface area contributed by atoms with E-state index in [1.807, 2.05) is 0 Å². The van der Waals surface area contributed by atoms with E-state index in [9.17, 15) is 27.6 Å². The van der Waals surface area contributed by atoms with Crippen LogP contribution in [0.15, 0.2) is 51.0 Å². The molecule has 2 heterocycles. The van der Waals surface area contributed by atoms with Crippen LogP contribution in [-0.2, 0) is 22.1 Å². The first-order chi connectivity index (χ1) is 14.2. The number of hydrazone groups is 1.